The van der Waals surface area contributed by atoms with Gasteiger partial charge in [0.05, 0.1) is 37.8 Å². The summed E-state index contributed by atoms with van der Waals surface area (Å²) in [6.45, 7) is 3.62. The summed E-state index contributed by atoms with van der Waals surface area (Å²) < 4.78 is 0. The van der Waals surface area contributed by atoms with Gasteiger partial charge in [0.25, 0.3) is 0 Å². The number of imidazole rings is 1. The number of para-hydroxylation sites is 2. The number of carbonyl (C=O) groups is 17. The van der Waals surface area contributed by atoms with Crippen LogP contribution in [-0.4, -0.2) is 321 Å². The second-order valence-electron chi connectivity index (χ2n) is 32.5. The Morgan fingerprint density at radius 2 is 1.12 bits per heavy atom. The highest BCUT2D eigenvalue weighted by Gasteiger charge is 2.47. The Kier molecular flexibility index (Phi) is 36.5. The van der Waals surface area contributed by atoms with E-state index in [0.29, 0.717) is 57.0 Å². The number of benzene rings is 3. The minimum Gasteiger partial charge on any atom is -0.508 e. The number of phenols is 1. The van der Waals surface area contributed by atoms with Gasteiger partial charge in [-0.3, -0.25) is 81.5 Å². The molecular formula is C86H117N21O21S. The summed E-state index contributed by atoms with van der Waals surface area (Å²) in [4.78, 5) is 265. The van der Waals surface area contributed by atoms with Crippen molar-refractivity contribution < 1.29 is 102 Å². The first-order chi connectivity index (χ1) is 61.5. The predicted octanol–water partition coefficient (Wildman–Crippen LogP) is -3.27. The number of carboxylic acid groups (broad SMARTS) is 1. The number of aliphatic hydroxyl groups is 2. The molecule has 15 atom stereocenters. The Balaban J connectivity index is 1.07. The fourth-order valence-corrected chi connectivity index (χ4v) is 16.7. The third-order valence-electron chi connectivity index (χ3n) is 23.1. The summed E-state index contributed by atoms with van der Waals surface area (Å²) in [7, 11) is 3.87. The number of aliphatic hydroxyl groups excluding tert-OH is 2. The molecule has 9 rings (SSSR count). The number of nitrogens with one attached hydrogen (secondary N) is 13. The number of thioether (sulfide) groups is 1. The zero-order chi connectivity index (χ0) is 94.0. The molecule has 3 saturated heterocycles. The predicted molar refractivity (Wildman–Crippen MR) is 469 cm³/mol. The van der Waals surface area contributed by atoms with E-state index in [2.05, 4.69) is 73.1 Å². The van der Waals surface area contributed by atoms with Gasteiger partial charge in [-0.05, 0) is 99.9 Å². The number of aromatic nitrogens is 4. The Hall–Kier alpha value is -13.0. The molecule has 0 radical (unpaired) electrons. The van der Waals surface area contributed by atoms with Crippen LogP contribution in [0.2, 0.25) is 0 Å². The van der Waals surface area contributed by atoms with Crippen molar-refractivity contribution in [2.24, 2.45) is 11.5 Å². The van der Waals surface area contributed by atoms with Crippen LogP contribution in [0.3, 0.4) is 0 Å². The van der Waals surface area contributed by atoms with E-state index in [-0.39, 0.29) is 89.5 Å². The Bertz CT molecular complexity index is 5010. The van der Waals surface area contributed by atoms with Crippen molar-refractivity contribution in [2.75, 3.05) is 65.4 Å². The van der Waals surface area contributed by atoms with E-state index < -0.39 is 235 Å². The second kappa shape index (κ2) is 47.1. The van der Waals surface area contributed by atoms with Crippen LogP contribution in [-0.2, 0) is 107 Å². The number of rotatable bonds is 22. The average molecular weight is 1810 g/mol. The highest BCUT2D eigenvalue weighted by atomic mass is 32.2. The van der Waals surface area contributed by atoms with E-state index >= 15 is 28.8 Å². The standard InChI is InChI=1S/C86H117N21O21S/c1-8-10-23-68-86(128)104(6)66(17-9-2)79(121)94-46(3)73(115)102-65(75(117)92-40-70(88)111)43-129-44-71(112)95-61(31-48-25-27-52(109)28-26-48)82(124)103(5)47(4)74(116)99-63(36-72(113)114)85(127)106-30-16-24-67(106)80(122)98-60(34-51-39-89-45-93-51)77(119)96-58(22-15-29-87)84(126)107-41-53(110)35-69(107)81(123)97-59(32-49-37-90-56-20-13-11-18-54(49)56)76(118)101-64(42-108)78(120)100-62(83(125)105(68)7)33-50-38-91-57-21-14-12-19-55(50)57/h11-14,18-21,25-28,37-39,45-47,53,58-69,90-91,108-110H,8-10,15-17,22-24,29-36,40-44,87H2,1-7H3,(H2,88,111)(H,89,93)(H,92,117)(H,94,121)(H,95,112)(H,96,119)(H,97,123)(H,98,122)(H,99,116)(H,100,120)(H,101,118)(H,102,115)(H,113,114). The number of primary amides is 1. The molecule has 0 bridgehead atoms. The van der Waals surface area contributed by atoms with Gasteiger partial charge < -0.3 is 125 Å². The molecule has 0 spiro atoms. The number of hydrogen-bond donors (Lipinski definition) is 19. The molecular weight excluding hydrogens is 1700 g/mol. The molecule has 3 fully saturated rings. The molecule has 0 aliphatic carbocycles. The van der Waals surface area contributed by atoms with E-state index in [1.165, 1.54) is 71.8 Å². The van der Waals surface area contributed by atoms with Gasteiger partial charge in [-0.2, -0.15) is 0 Å². The zero-order valence-corrected chi connectivity index (χ0v) is 73.7. The zero-order valence-electron chi connectivity index (χ0n) is 72.9. The van der Waals surface area contributed by atoms with Gasteiger partial charge in [0.15, 0.2) is 0 Å². The maximum Gasteiger partial charge on any atom is 0.305 e. The molecule has 15 unspecified atom stereocenters. The summed E-state index contributed by atoms with van der Waals surface area (Å²) in [5.41, 5.74) is 14.3. The highest BCUT2D eigenvalue weighted by molar-refractivity contribution is 8.00. The molecule has 3 aromatic carbocycles. The van der Waals surface area contributed by atoms with E-state index in [4.69, 9.17) is 11.5 Å². The molecule has 6 heterocycles. The van der Waals surface area contributed by atoms with Crippen LogP contribution < -0.4 is 64.6 Å². The fourth-order valence-electron chi connectivity index (χ4n) is 15.9. The lowest BCUT2D eigenvalue weighted by Crippen LogP contribution is -2.61. The van der Waals surface area contributed by atoms with Crippen LogP contribution >= 0.6 is 11.8 Å². The number of hydrogen-bond acceptors (Lipinski definition) is 23. The smallest absolute Gasteiger partial charge is 0.305 e. The minimum absolute atomic E-state index is 0.00333. The first-order valence-corrected chi connectivity index (χ1v) is 44.0. The number of aromatic amines is 3. The van der Waals surface area contributed by atoms with Gasteiger partial charge in [0.1, 0.15) is 90.3 Å². The monoisotopic (exact) mass is 1810 g/mol. The lowest BCUT2D eigenvalue weighted by molar-refractivity contribution is -0.149. The maximum atomic E-state index is 15.6. The van der Waals surface area contributed by atoms with Crippen LogP contribution in [0.4, 0.5) is 0 Å². The summed E-state index contributed by atoms with van der Waals surface area (Å²) >= 11 is 0.767. The van der Waals surface area contributed by atoms with Crippen LogP contribution in [0, 0.1) is 0 Å². The van der Waals surface area contributed by atoms with Gasteiger partial charge in [-0.15, -0.1) is 11.8 Å². The molecule has 3 aromatic heterocycles. The largest absolute Gasteiger partial charge is 0.508 e. The molecule has 0 saturated carbocycles. The lowest BCUT2D eigenvalue weighted by Gasteiger charge is -2.36. The van der Waals surface area contributed by atoms with Crippen LogP contribution in [0.1, 0.15) is 121 Å². The Morgan fingerprint density at radius 3 is 1.73 bits per heavy atom. The quantitative estimate of drug-likeness (QED) is 0.0317. The highest BCUT2D eigenvalue weighted by Crippen LogP contribution is 2.28. The number of likely N-dealkylation sites (N-methyl/N-ethyl adjacent to an activating group) is 3. The molecule has 43 heteroatoms. The molecule has 21 N–H and O–H groups in total. The Morgan fingerprint density at radius 1 is 0.558 bits per heavy atom. The number of aromatic hydroxyl groups is 1. The number of H-pyrrole nitrogens is 3. The second-order valence-corrected chi connectivity index (χ2v) is 33.6. The number of carbonyl (C=O) groups excluding carboxylic acids is 16. The number of fused-ring (bicyclic) bond motifs is 4. The number of carboxylic acids is 1. The molecule has 3 aliphatic heterocycles. The minimum atomic E-state index is -1.90. The topological polar surface area (TPSA) is 620 Å². The molecule has 129 heavy (non-hydrogen) atoms. The van der Waals surface area contributed by atoms with Crippen molar-refractivity contribution in [3.8, 4) is 5.75 Å². The number of nitrogens with zero attached hydrogens (tertiary/aromatic N) is 6. The van der Waals surface area contributed by atoms with Gasteiger partial charge >= 0.3 is 5.97 Å². The number of unbranched alkanes of at least 4 members (excludes halogenated alkanes) is 1. The fraction of sp³-hybridized carbons (Fsp3) is 0.512. The van der Waals surface area contributed by atoms with E-state index in [0.717, 1.165) is 36.3 Å². The Labute approximate surface area is 747 Å². The summed E-state index contributed by atoms with van der Waals surface area (Å²) in [6, 6.07) is -2.35. The van der Waals surface area contributed by atoms with Crippen molar-refractivity contribution in [1.82, 2.24) is 97.6 Å². The first-order valence-electron chi connectivity index (χ1n) is 42.9. The van der Waals surface area contributed by atoms with E-state index in [1.54, 1.807) is 67.8 Å². The van der Waals surface area contributed by atoms with Crippen molar-refractivity contribution in [2.45, 2.75) is 215 Å². The van der Waals surface area contributed by atoms with Crippen LogP contribution in [0.25, 0.3) is 21.8 Å². The van der Waals surface area contributed by atoms with Gasteiger partial charge in [-0.1, -0.05) is 81.6 Å². The normalized spacial score (nSPS) is 25.4. The summed E-state index contributed by atoms with van der Waals surface area (Å²) in [5, 5.41) is 70.1. The molecule has 6 aromatic rings. The molecule has 42 nitrogen and oxygen atoms in total. The summed E-state index contributed by atoms with van der Waals surface area (Å²) in [5.74, 6) is -17.9. The third-order valence-corrected chi connectivity index (χ3v) is 24.2. The van der Waals surface area contributed by atoms with Crippen molar-refractivity contribution in [1.29, 1.82) is 0 Å². The van der Waals surface area contributed by atoms with Crippen molar-refractivity contribution in [3.63, 3.8) is 0 Å². The van der Waals surface area contributed by atoms with Crippen LogP contribution in [0.15, 0.2) is 97.7 Å². The lowest BCUT2D eigenvalue weighted by atomic mass is 10.00. The van der Waals surface area contributed by atoms with Gasteiger partial charge in [0, 0.05) is 118 Å². The first kappa shape index (κ1) is 99.7. The van der Waals surface area contributed by atoms with E-state index in [9.17, 15) is 73.2 Å². The van der Waals surface area contributed by atoms with Gasteiger partial charge in [0.2, 0.25) is 94.5 Å². The molecule has 3 aliphatic rings. The third kappa shape index (κ3) is 26.8. The maximum absolute atomic E-state index is 15.6. The summed E-state index contributed by atoms with van der Waals surface area (Å²) in [6.07, 6.45) is 3.00. The van der Waals surface area contributed by atoms with Gasteiger partial charge in [-0.25, -0.2) is 4.98 Å². The van der Waals surface area contributed by atoms with E-state index in [1.807, 2.05) is 6.92 Å². The number of aliphatic carboxylic acids is 1. The average Bonchev–Trinajstić information content (AvgIpc) is 1.64. The SMILES string of the molecule is CCCCC1C(=O)N(C)C(CCC)C(=O)NC(C)C(=O)NC(C(=O)NCC(N)=O)CSCC(=O)NC(Cc2ccc(O)cc2)C(=O)N(C)C(C)C(=O)NC(CC(=O)O)C(=O)N2CCCC2C(=O)NC(Cc2cnc[nH]2)C(=O)NC(CCCN)C(=O)N2CC(O)CC2C(=O)NC(Cc2c[nH]c3ccccc23)C(=O)NC(CO)C(=O)NC(Cc2c[nH]c3ccccc23)C(=O)N1C. The van der Waals surface area contributed by atoms with Crippen molar-refractivity contribution in [3.05, 3.63) is 120 Å². The molecule has 16 amide bonds. The number of phenolic OH excluding ortho intramolecular Hbond substituents is 1. The number of amides is 16. The number of nitrogens with two attached hydrogens (primary N) is 2. The van der Waals surface area contributed by atoms with Crippen molar-refractivity contribution >= 4 is 134 Å². The molecule has 698 valence electrons. The van der Waals surface area contributed by atoms with Crippen LogP contribution in [0.5, 0.6) is 5.75 Å².